The van der Waals surface area contributed by atoms with Crippen molar-refractivity contribution in [2.24, 2.45) is 0 Å². The van der Waals surface area contributed by atoms with Crippen molar-refractivity contribution in [3.63, 3.8) is 0 Å². The molecule has 1 amide bonds. The number of fused-ring (bicyclic) bond motifs is 1. The number of amides is 1. The van der Waals surface area contributed by atoms with E-state index in [1.807, 2.05) is 37.3 Å². The van der Waals surface area contributed by atoms with Gasteiger partial charge in [0, 0.05) is 17.6 Å². The molecule has 2 heterocycles. The molecule has 152 valence electrons. The van der Waals surface area contributed by atoms with E-state index in [0.717, 1.165) is 5.56 Å². The molecule has 7 nitrogen and oxygen atoms in total. The van der Waals surface area contributed by atoms with Crippen LogP contribution in [0.5, 0.6) is 11.5 Å². The molecule has 0 bridgehead atoms. The molecule has 0 saturated carbocycles. The molecular weight excluding hydrogens is 402 g/mol. The van der Waals surface area contributed by atoms with E-state index in [2.05, 4.69) is 10.3 Å². The summed E-state index contributed by atoms with van der Waals surface area (Å²) in [5, 5.41) is 4.63. The molecule has 0 unspecified atom stereocenters. The van der Waals surface area contributed by atoms with Gasteiger partial charge in [-0.3, -0.25) is 14.0 Å². The van der Waals surface area contributed by atoms with Crippen LogP contribution >= 0.6 is 11.3 Å². The van der Waals surface area contributed by atoms with Crippen molar-refractivity contribution in [3.05, 3.63) is 87.8 Å². The van der Waals surface area contributed by atoms with Crippen molar-refractivity contribution in [1.82, 2.24) is 9.38 Å². The van der Waals surface area contributed by atoms with Gasteiger partial charge in [0.1, 0.15) is 18.1 Å². The fraction of sp³-hybridized carbons (Fsp3) is 0.136. The van der Waals surface area contributed by atoms with Gasteiger partial charge in [0.25, 0.3) is 11.5 Å². The van der Waals surface area contributed by atoms with Gasteiger partial charge in [-0.05, 0) is 36.8 Å². The Morgan fingerprint density at radius 2 is 1.97 bits per heavy atom. The highest BCUT2D eigenvalue weighted by Crippen LogP contribution is 2.26. The molecule has 2 aromatic heterocycles. The summed E-state index contributed by atoms with van der Waals surface area (Å²) >= 11 is 1.38. The van der Waals surface area contributed by atoms with Gasteiger partial charge >= 0.3 is 0 Å². The molecule has 2 aromatic carbocycles. The molecule has 4 rings (SSSR count). The lowest BCUT2D eigenvalue weighted by Crippen LogP contribution is -2.20. The number of carbonyl (C=O) groups excluding carboxylic acids is 1. The third-order valence-electron chi connectivity index (χ3n) is 4.25. The second-order valence-electron chi connectivity index (χ2n) is 6.58. The Morgan fingerprint density at radius 3 is 2.80 bits per heavy atom. The Morgan fingerprint density at radius 1 is 1.13 bits per heavy atom. The quantitative estimate of drug-likeness (QED) is 0.492. The topological polar surface area (TPSA) is 81.9 Å². The largest absolute Gasteiger partial charge is 0.485 e. The molecule has 30 heavy (non-hydrogen) atoms. The summed E-state index contributed by atoms with van der Waals surface area (Å²) in [4.78, 5) is 29.5. The third-order valence-corrected chi connectivity index (χ3v) is 5.01. The van der Waals surface area contributed by atoms with Gasteiger partial charge < -0.3 is 14.8 Å². The van der Waals surface area contributed by atoms with Gasteiger partial charge in [0.15, 0.2) is 11.6 Å². The molecule has 0 aliphatic rings. The lowest BCUT2D eigenvalue weighted by molar-refractivity contribution is -0.118. The predicted molar refractivity (Wildman–Crippen MR) is 115 cm³/mol. The number of benzene rings is 2. The zero-order valence-electron chi connectivity index (χ0n) is 16.2. The van der Waals surface area contributed by atoms with Gasteiger partial charge in [-0.2, -0.15) is 0 Å². The van der Waals surface area contributed by atoms with E-state index in [1.165, 1.54) is 21.8 Å². The molecular formula is C22H19N3O4S. The molecule has 1 N–H and O–H groups in total. The highest BCUT2D eigenvalue weighted by Gasteiger charge is 2.11. The molecule has 8 heteroatoms. The minimum absolute atomic E-state index is 0.107. The molecule has 0 aliphatic carbocycles. The van der Waals surface area contributed by atoms with E-state index in [0.29, 0.717) is 27.8 Å². The van der Waals surface area contributed by atoms with Crippen LogP contribution in [0.1, 0.15) is 11.3 Å². The maximum Gasteiger partial charge on any atom is 0.262 e. The van der Waals surface area contributed by atoms with Crippen molar-refractivity contribution in [1.29, 1.82) is 0 Å². The van der Waals surface area contributed by atoms with E-state index < -0.39 is 0 Å². The van der Waals surface area contributed by atoms with E-state index in [1.54, 1.807) is 29.8 Å². The third kappa shape index (κ3) is 4.66. The molecule has 0 aliphatic heterocycles. The van der Waals surface area contributed by atoms with Crippen LogP contribution in [0, 0.1) is 6.92 Å². The fourth-order valence-corrected chi connectivity index (χ4v) is 3.57. The first-order chi connectivity index (χ1) is 14.6. The Balaban J connectivity index is 1.44. The van der Waals surface area contributed by atoms with Crippen LogP contribution in [-0.2, 0) is 11.4 Å². The maximum absolute atomic E-state index is 12.3. The number of nitrogens with one attached hydrogen (secondary N) is 1. The summed E-state index contributed by atoms with van der Waals surface area (Å²) in [7, 11) is 0. The minimum atomic E-state index is -0.300. The van der Waals surface area contributed by atoms with Crippen LogP contribution in [-0.4, -0.2) is 21.9 Å². The van der Waals surface area contributed by atoms with Gasteiger partial charge in [0.05, 0.1) is 11.4 Å². The molecule has 0 spiro atoms. The maximum atomic E-state index is 12.3. The van der Waals surface area contributed by atoms with E-state index in [9.17, 15) is 9.59 Å². The zero-order valence-corrected chi connectivity index (χ0v) is 17.0. The SMILES string of the molecule is Cc1ccc(OCc2cc(=O)n3ccsc3n2)c(NC(=O)COc2ccccc2)c1. The number of aromatic nitrogens is 2. The first kappa shape index (κ1) is 19.7. The number of rotatable bonds is 7. The van der Waals surface area contributed by atoms with Crippen molar-refractivity contribution < 1.29 is 14.3 Å². The Kier molecular flexibility index (Phi) is 5.76. The molecule has 0 radical (unpaired) electrons. The highest BCUT2D eigenvalue weighted by molar-refractivity contribution is 7.15. The second kappa shape index (κ2) is 8.79. The average molecular weight is 421 g/mol. The Hall–Kier alpha value is -3.65. The number of aryl methyl sites for hydroxylation is 1. The summed E-state index contributed by atoms with van der Waals surface area (Å²) in [6.45, 7) is 1.91. The van der Waals surface area contributed by atoms with Crippen molar-refractivity contribution in [2.75, 3.05) is 11.9 Å². The van der Waals surface area contributed by atoms with E-state index >= 15 is 0 Å². The average Bonchev–Trinajstić information content (AvgIpc) is 3.22. The summed E-state index contributed by atoms with van der Waals surface area (Å²) in [6.07, 6.45) is 1.69. The van der Waals surface area contributed by atoms with Crippen LogP contribution in [0.2, 0.25) is 0 Å². The van der Waals surface area contributed by atoms with Crippen molar-refractivity contribution in [2.45, 2.75) is 13.5 Å². The van der Waals surface area contributed by atoms with Gasteiger partial charge in [0.2, 0.25) is 0 Å². The van der Waals surface area contributed by atoms with Crippen LogP contribution < -0.4 is 20.3 Å². The fourth-order valence-electron chi connectivity index (χ4n) is 2.83. The normalized spacial score (nSPS) is 10.7. The number of carbonyl (C=O) groups is 1. The van der Waals surface area contributed by atoms with E-state index in [4.69, 9.17) is 9.47 Å². The number of nitrogens with zero attached hydrogens (tertiary/aromatic N) is 2. The van der Waals surface area contributed by atoms with Crippen LogP contribution in [0.25, 0.3) is 4.96 Å². The number of hydrogen-bond donors (Lipinski definition) is 1. The Bertz CT molecular complexity index is 1230. The second-order valence-corrected chi connectivity index (χ2v) is 7.45. The van der Waals surface area contributed by atoms with Gasteiger partial charge in [-0.15, -0.1) is 11.3 Å². The van der Waals surface area contributed by atoms with Crippen molar-refractivity contribution >= 4 is 27.9 Å². The number of para-hydroxylation sites is 1. The zero-order chi connectivity index (χ0) is 20.9. The minimum Gasteiger partial charge on any atom is -0.485 e. The highest BCUT2D eigenvalue weighted by atomic mass is 32.1. The summed E-state index contributed by atoms with van der Waals surface area (Å²) < 4.78 is 12.8. The predicted octanol–water partition coefficient (Wildman–Crippen LogP) is 3.66. The smallest absolute Gasteiger partial charge is 0.262 e. The number of thiazole rings is 1. The van der Waals surface area contributed by atoms with Gasteiger partial charge in [-0.1, -0.05) is 24.3 Å². The number of hydrogen-bond acceptors (Lipinski definition) is 6. The van der Waals surface area contributed by atoms with Crippen LogP contribution in [0.3, 0.4) is 0 Å². The summed E-state index contributed by atoms with van der Waals surface area (Å²) in [5.74, 6) is 0.808. The lowest BCUT2D eigenvalue weighted by atomic mass is 10.2. The number of anilines is 1. The first-order valence-electron chi connectivity index (χ1n) is 9.25. The van der Waals surface area contributed by atoms with Crippen LogP contribution in [0.4, 0.5) is 5.69 Å². The molecule has 0 fully saturated rings. The number of ether oxygens (including phenoxy) is 2. The Labute approximate surface area is 176 Å². The monoisotopic (exact) mass is 421 g/mol. The van der Waals surface area contributed by atoms with E-state index in [-0.39, 0.29) is 24.7 Å². The lowest BCUT2D eigenvalue weighted by Gasteiger charge is -2.14. The summed E-state index contributed by atoms with van der Waals surface area (Å²) in [5.41, 5.74) is 1.87. The standard InChI is InChI=1S/C22H19N3O4S/c1-15-7-8-19(29-13-16-12-21(27)25-9-10-30-22(25)23-16)18(11-15)24-20(26)14-28-17-5-3-2-4-6-17/h2-12H,13-14H2,1H3,(H,24,26). The van der Waals surface area contributed by atoms with Gasteiger partial charge in [-0.25, -0.2) is 4.98 Å². The molecule has 0 atom stereocenters. The van der Waals surface area contributed by atoms with Crippen LogP contribution in [0.15, 0.2) is 71.0 Å². The molecule has 0 saturated heterocycles. The van der Waals surface area contributed by atoms with Crippen molar-refractivity contribution in [3.8, 4) is 11.5 Å². The first-order valence-corrected chi connectivity index (χ1v) is 10.1. The summed E-state index contributed by atoms with van der Waals surface area (Å²) in [6, 6.07) is 16.1. The molecule has 4 aromatic rings.